The number of aromatic nitrogens is 5. The summed E-state index contributed by atoms with van der Waals surface area (Å²) in [6.07, 6.45) is 10.1. The van der Waals surface area contributed by atoms with Gasteiger partial charge in [-0.15, -0.1) is 10.2 Å². The fourth-order valence-corrected chi connectivity index (χ4v) is 4.36. The van der Waals surface area contributed by atoms with E-state index in [4.69, 9.17) is 0 Å². The Balaban J connectivity index is 1.55. The lowest BCUT2D eigenvalue weighted by Crippen LogP contribution is -2.42. The number of phenols is 1. The molecule has 1 aromatic carbocycles. The highest BCUT2D eigenvalue weighted by Crippen LogP contribution is 2.40. The third kappa shape index (κ3) is 4.38. The molecule has 1 fully saturated rings. The molecule has 0 radical (unpaired) electrons. The molecule has 3 atom stereocenters. The molecule has 4 rings (SSSR count). The van der Waals surface area contributed by atoms with Crippen molar-refractivity contribution in [1.29, 1.82) is 0 Å². The highest BCUT2D eigenvalue weighted by molar-refractivity contribution is 5.68. The summed E-state index contributed by atoms with van der Waals surface area (Å²) in [5.74, 6) is 0.473. The number of hydrogen-bond donors (Lipinski definition) is 1. The molecule has 1 aliphatic carbocycles. The molecule has 1 N–H and O–H groups in total. The van der Waals surface area contributed by atoms with Gasteiger partial charge in [0, 0.05) is 31.1 Å². The van der Waals surface area contributed by atoms with E-state index in [0.717, 1.165) is 31.4 Å². The molecule has 2 aromatic heterocycles. The topological polar surface area (TPSA) is 80.0 Å². The number of anilines is 1. The quantitative estimate of drug-likeness (QED) is 0.605. The van der Waals surface area contributed by atoms with Gasteiger partial charge in [0.25, 0.3) is 0 Å². The minimum atomic E-state index is -0.915. The number of halogens is 1. The molecular weight excluding hydrogens is 395 g/mol. The van der Waals surface area contributed by atoms with E-state index in [-0.39, 0.29) is 17.2 Å². The summed E-state index contributed by atoms with van der Waals surface area (Å²) in [4.78, 5) is 10.3. The van der Waals surface area contributed by atoms with Crippen LogP contribution in [0.15, 0.2) is 43.1 Å². The number of hydrogen-bond acceptors (Lipinski definition) is 6. The fourth-order valence-electron chi connectivity index (χ4n) is 4.36. The summed E-state index contributed by atoms with van der Waals surface area (Å²) < 4.78 is 16.7. The Labute approximate surface area is 182 Å². The number of benzene rings is 1. The van der Waals surface area contributed by atoms with Crippen LogP contribution >= 0.6 is 0 Å². The van der Waals surface area contributed by atoms with Crippen LogP contribution in [0.2, 0.25) is 0 Å². The predicted octanol–water partition coefficient (Wildman–Crippen LogP) is 4.56. The highest BCUT2D eigenvalue weighted by Gasteiger charge is 2.37. The monoisotopic (exact) mass is 424 g/mol. The van der Waals surface area contributed by atoms with E-state index in [9.17, 15) is 9.50 Å². The van der Waals surface area contributed by atoms with Gasteiger partial charge in [0.15, 0.2) is 0 Å². The molecule has 31 heavy (non-hydrogen) atoms. The molecule has 1 aliphatic rings. The normalized spacial score (nSPS) is 24.0. The van der Waals surface area contributed by atoms with Crippen molar-refractivity contribution in [2.45, 2.75) is 58.2 Å². The van der Waals surface area contributed by atoms with Crippen LogP contribution in [0, 0.1) is 5.41 Å². The maximum atomic E-state index is 14.9. The standard InChI is InChI=1S/C23H29FN6O/c1-4-23(2)9-5-6-18(24)20(13-23)29(3)22-26-14-19(27-28-22)17-8-7-16(12-21(17)31)30-11-10-25-15-30/h7-8,10-12,14-15,18,20,31H,4-6,9,13H2,1-3H3/t18-,20-,23-/m1/s1. The number of rotatable bonds is 5. The van der Waals surface area contributed by atoms with Crippen LogP contribution in [0.5, 0.6) is 5.75 Å². The first-order chi connectivity index (χ1) is 14.9. The van der Waals surface area contributed by atoms with Crippen LogP contribution in [0.25, 0.3) is 16.9 Å². The molecule has 164 valence electrons. The average molecular weight is 425 g/mol. The second-order valence-corrected chi connectivity index (χ2v) is 8.77. The highest BCUT2D eigenvalue weighted by atomic mass is 19.1. The molecule has 1 saturated carbocycles. The molecule has 0 bridgehead atoms. The van der Waals surface area contributed by atoms with Crippen molar-refractivity contribution in [2.75, 3.05) is 11.9 Å². The predicted molar refractivity (Wildman–Crippen MR) is 118 cm³/mol. The van der Waals surface area contributed by atoms with Gasteiger partial charge in [-0.3, -0.25) is 0 Å². The zero-order chi connectivity index (χ0) is 22.0. The molecule has 0 spiro atoms. The summed E-state index contributed by atoms with van der Waals surface area (Å²) in [5.41, 5.74) is 1.91. The zero-order valence-corrected chi connectivity index (χ0v) is 18.2. The summed E-state index contributed by atoms with van der Waals surface area (Å²) in [6, 6.07) is 5.00. The van der Waals surface area contributed by atoms with E-state index in [1.165, 1.54) is 0 Å². The molecule has 0 saturated heterocycles. The zero-order valence-electron chi connectivity index (χ0n) is 18.2. The Morgan fingerprint density at radius 1 is 1.32 bits per heavy atom. The smallest absolute Gasteiger partial charge is 0.245 e. The number of alkyl halides is 1. The van der Waals surface area contributed by atoms with Crippen molar-refractivity contribution in [1.82, 2.24) is 24.7 Å². The maximum Gasteiger partial charge on any atom is 0.245 e. The summed E-state index contributed by atoms with van der Waals surface area (Å²) in [6.45, 7) is 4.41. The average Bonchev–Trinajstić information content (AvgIpc) is 3.27. The van der Waals surface area contributed by atoms with Crippen molar-refractivity contribution < 1.29 is 9.50 Å². The van der Waals surface area contributed by atoms with Gasteiger partial charge in [0.05, 0.1) is 24.3 Å². The number of phenolic OH excluding ortho intramolecular Hbond substituents is 1. The van der Waals surface area contributed by atoms with Crippen molar-refractivity contribution in [3.8, 4) is 22.7 Å². The molecule has 8 heteroatoms. The Morgan fingerprint density at radius 3 is 2.81 bits per heavy atom. The van der Waals surface area contributed by atoms with Gasteiger partial charge in [0.1, 0.15) is 17.6 Å². The number of aromatic hydroxyl groups is 1. The van der Waals surface area contributed by atoms with Crippen LogP contribution in [0.1, 0.15) is 46.0 Å². The summed E-state index contributed by atoms with van der Waals surface area (Å²) >= 11 is 0. The Kier molecular flexibility index (Phi) is 5.89. The SMILES string of the molecule is CC[C@]1(C)CCC[C@@H](F)[C@H](N(C)c2ncc(-c3ccc(-n4ccnc4)cc3O)nn2)C1. The Hall–Kier alpha value is -3.03. The molecule has 0 unspecified atom stereocenters. The van der Waals surface area contributed by atoms with E-state index >= 15 is 0 Å². The van der Waals surface area contributed by atoms with Gasteiger partial charge >= 0.3 is 0 Å². The maximum absolute atomic E-state index is 14.9. The molecule has 7 nitrogen and oxygen atoms in total. The lowest BCUT2D eigenvalue weighted by molar-refractivity contribution is 0.213. The van der Waals surface area contributed by atoms with E-state index in [1.807, 2.05) is 18.0 Å². The van der Waals surface area contributed by atoms with Crippen molar-refractivity contribution in [2.24, 2.45) is 5.41 Å². The minimum Gasteiger partial charge on any atom is -0.507 e. The first-order valence-corrected chi connectivity index (χ1v) is 10.8. The second kappa shape index (κ2) is 8.61. The summed E-state index contributed by atoms with van der Waals surface area (Å²) in [7, 11) is 1.84. The molecule has 0 aliphatic heterocycles. The van der Waals surface area contributed by atoms with Crippen molar-refractivity contribution >= 4 is 5.95 Å². The first-order valence-electron chi connectivity index (χ1n) is 10.8. The largest absolute Gasteiger partial charge is 0.507 e. The van der Waals surface area contributed by atoms with Crippen LogP contribution in [-0.4, -0.2) is 49.1 Å². The van der Waals surface area contributed by atoms with Gasteiger partial charge in [-0.2, -0.15) is 0 Å². The van der Waals surface area contributed by atoms with Crippen molar-refractivity contribution in [3.05, 3.63) is 43.1 Å². The number of nitrogens with zero attached hydrogens (tertiary/aromatic N) is 6. The van der Waals surface area contributed by atoms with Crippen LogP contribution in [0.4, 0.5) is 10.3 Å². The third-order valence-electron chi connectivity index (χ3n) is 6.66. The van der Waals surface area contributed by atoms with E-state index in [1.54, 1.807) is 41.6 Å². The van der Waals surface area contributed by atoms with E-state index < -0.39 is 6.17 Å². The molecular formula is C23H29FN6O. The molecule has 3 aromatic rings. The molecule has 0 amide bonds. The van der Waals surface area contributed by atoms with Gasteiger partial charge in [-0.05, 0) is 43.2 Å². The first kappa shape index (κ1) is 21.2. The fraction of sp³-hybridized carbons (Fsp3) is 0.478. The third-order valence-corrected chi connectivity index (χ3v) is 6.66. The minimum absolute atomic E-state index is 0.0784. The Morgan fingerprint density at radius 2 is 2.16 bits per heavy atom. The lowest BCUT2D eigenvalue weighted by Gasteiger charge is -2.35. The lowest BCUT2D eigenvalue weighted by atomic mass is 9.79. The summed E-state index contributed by atoms with van der Waals surface area (Å²) in [5, 5.41) is 19.0. The van der Waals surface area contributed by atoms with Crippen LogP contribution < -0.4 is 4.90 Å². The second-order valence-electron chi connectivity index (χ2n) is 8.77. The number of imidazole rings is 1. The Bertz CT molecular complexity index is 1010. The van der Waals surface area contributed by atoms with Gasteiger partial charge in [0.2, 0.25) is 5.95 Å². The van der Waals surface area contributed by atoms with E-state index in [2.05, 4.69) is 34.0 Å². The van der Waals surface area contributed by atoms with Crippen LogP contribution in [0.3, 0.4) is 0 Å². The van der Waals surface area contributed by atoms with E-state index in [0.29, 0.717) is 23.6 Å². The molecule has 2 heterocycles. The van der Waals surface area contributed by atoms with Crippen molar-refractivity contribution in [3.63, 3.8) is 0 Å². The van der Waals surface area contributed by atoms with Crippen LogP contribution in [-0.2, 0) is 0 Å². The van der Waals surface area contributed by atoms with Gasteiger partial charge in [-0.1, -0.05) is 20.3 Å². The van der Waals surface area contributed by atoms with Gasteiger partial charge in [-0.25, -0.2) is 14.4 Å². The van der Waals surface area contributed by atoms with Gasteiger partial charge < -0.3 is 14.6 Å².